The van der Waals surface area contributed by atoms with Crippen molar-refractivity contribution in [3.63, 3.8) is 0 Å². The summed E-state index contributed by atoms with van der Waals surface area (Å²) in [6.45, 7) is -0.997. The molecule has 0 aliphatic rings. The second-order valence-electron chi connectivity index (χ2n) is 4.63. The number of ether oxygens (including phenoxy) is 1. The van der Waals surface area contributed by atoms with Gasteiger partial charge >= 0.3 is 12.6 Å². The molecule has 0 spiro atoms. The highest BCUT2D eigenvalue weighted by atomic mass is 19.3. The van der Waals surface area contributed by atoms with Crippen LogP contribution in [-0.2, 0) is 0 Å². The monoisotopic (exact) mass is 306 g/mol. The molecule has 0 heterocycles. The molecule has 2 amide bonds. The Morgan fingerprint density at radius 3 is 2.27 bits per heavy atom. The Hall–Kier alpha value is -2.63. The first kappa shape index (κ1) is 15.8. The average molecular weight is 306 g/mol. The maximum absolute atomic E-state index is 12.0. The highest BCUT2D eigenvalue weighted by molar-refractivity contribution is 5.89. The molecule has 0 saturated carbocycles. The fourth-order valence-corrected chi connectivity index (χ4v) is 1.91. The Morgan fingerprint density at radius 2 is 1.68 bits per heavy atom. The van der Waals surface area contributed by atoms with E-state index in [4.69, 9.17) is 0 Å². The van der Waals surface area contributed by atoms with Gasteiger partial charge in [-0.3, -0.25) is 0 Å². The van der Waals surface area contributed by atoms with Crippen molar-refractivity contribution in [3.8, 4) is 5.75 Å². The summed E-state index contributed by atoms with van der Waals surface area (Å²) in [6.07, 6.45) is 0. The van der Waals surface area contributed by atoms with Crippen molar-refractivity contribution in [1.82, 2.24) is 5.32 Å². The van der Waals surface area contributed by atoms with Crippen LogP contribution in [0.4, 0.5) is 19.3 Å². The summed E-state index contributed by atoms with van der Waals surface area (Å²) in [6, 6.07) is 14.7. The number of alkyl halides is 2. The van der Waals surface area contributed by atoms with Crippen LogP contribution >= 0.6 is 0 Å². The number of amides is 2. The van der Waals surface area contributed by atoms with Gasteiger partial charge in [0, 0.05) is 5.69 Å². The SMILES string of the molecule is C[C@H](NC(=O)Nc1ccc(OC(F)F)cc1)c1ccccc1. The molecule has 22 heavy (non-hydrogen) atoms. The third-order valence-corrected chi connectivity index (χ3v) is 2.98. The highest BCUT2D eigenvalue weighted by Crippen LogP contribution is 2.18. The van der Waals surface area contributed by atoms with E-state index in [0.29, 0.717) is 5.69 Å². The molecule has 0 fully saturated rings. The van der Waals surface area contributed by atoms with Gasteiger partial charge in [0.25, 0.3) is 0 Å². The lowest BCUT2D eigenvalue weighted by molar-refractivity contribution is -0.0498. The largest absolute Gasteiger partial charge is 0.435 e. The summed E-state index contributed by atoms with van der Waals surface area (Å²) < 4.78 is 28.3. The molecule has 2 rings (SSSR count). The third kappa shape index (κ3) is 4.73. The second-order valence-corrected chi connectivity index (χ2v) is 4.63. The Bertz CT molecular complexity index is 603. The molecule has 2 aromatic carbocycles. The maximum Gasteiger partial charge on any atom is 0.387 e. The van der Waals surface area contributed by atoms with Gasteiger partial charge in [0.2, 0.25) is 0 Å². The van der Waals surface area contributed by atoms with Crippen LogP contribution in [0.3, 0.4) is 0 Å². The molecule has 1 atom stereocenters. The van der Waals surface area contributed by atoms with E-state index in [9.17, 15) is 13.6 Å². The summed E-state index contributed by atoms with van der Waals surface area (Å²) in [5.74, 6) is 0.0404. The fraction of sp³-hybridized carbons (Fsp3) is 0.188. The van der Waals surface area contributed by atoms with Gasteiger partial charge in [-0.15, -0.1) is 0 Å². The topological polar surface area (TPSA) is 50.4 Å². The molecule has 0 unspecified atom stereocenters. The van der Waals surface area contributed by atoms with Crippen LogP contribution in [0.1, 0.15) is 18.5 Å². The average Bonchev–Trinajstić information content (AvgIpc) is 2.49. The van der Waals surface area contributed by atoms with Gasteiger partial charge in [0.1, 0.15) is 5.75 Å². The number of carbonyl (C=O) groups excluding carboxylic acids is 1. The smallest absolute Gasteiger partial charge is 0.387 e. The molecule has 0 bridgehead atoms. The highest BCUT2D eigenvalue weighted by Gasteiger charge is 2.09. The number of carbonyl (C=O) groups is 1. The van der Waals surface area contributed by atoms with Crippen LogP contribution in [0.5, 0.6) is 5.75 Å². The molecule has 0 radical (unpaired) electrons. The first-order valence-corrected chi connectivity index (χ1v) is 6.72. The van der Waals surface area contributed by atoms with E-state index in [1.54, 1.807) is 0 Å². The third-order valence-electron chi connectivity index (χ3n) is 2.98. The molecule has 0 aliphatic carbocycles. The molecular weight excluding hydrogens is 290 g/mol. The van der Waals surface area contributed by atoms with Crippen molar-refractivity contribution < 1.29 is 18.3 Å². The van der Waals surface area contributed by atoms with Crippen molar-refractivity contribution >= 4 is 11.7 Å². The minimum absolute atomic E-state index is 0.0404. The van der Waals surface area contributed by atoms with Crippen molar-refractivity contribution in [2.75, 3.05) is 5.32 Å². The Labute approximate surface area is 127 Å². The fourth-order valence-electron chi connectivity index (χ4n) is 1.91. The van der Waals surface area contributed by atoms with Crippen LogP contribution in [0, 0.1) is 0 Å². The molecule has 4 nitrogen and oxygen atoms in total. The van der Waals surface area contributed by atoms with Gasteiger partial charge in [0.05, 0.1) is 6.04 Å². The predicted octanol–water partition coefficient (Wildman–Crippen LogP) is 4.17. The summed E-state index contributed by atoms with van der Waals surface area (Å²) in [7, 11) is 0. The van der Waals surface area contributed by atoms with Crippen LogP contribution < -0.4 is 15.4 Å². The van der Waals surface area contributed by atoms with E-state index >= 15 is 0 Å². The number of hydrogen-bond donors (Lipinski definition) is 2. The quantitative estimate of drug-likeness (QED) is 0.871. The summed E-state index contributed by atoms with van der Waals surface area (Å²) in [5.41, 5.74) is 1.47. The van der Waals surface area contributed by atoms with E-state index in [2.05, 4.69) is 15.4 Å². The minimum Gasteiger partial charge on any atom is -0.435 e. The van der Waals surface area contributed by atoms with Crippen molar-refractivity contribution in [2.45, 2.75) is 19.6 Å². The molecule has 6 heteroatoms. The van der Waals surface area contributed by atoms with Gasteiger partial charge in [0.15, 0.2) is 0 Å². The van der Waals surface area contributed by atoms with Crippen molar-refractivity contribution in [2.24, 2.45) is 0 Å². The second kappa shape index (κ2) is 7.40. The van der Waals surface area contributed by atoms with Crippen LogP contribution in [-0.4, -0.2) is 12.6 Å². The summed E-state index contributed by atoms with van der Waals surface area (Å²) in [5, 5.41) is 5.42. The van der Waals surface area contributed by atoms with Crippen LogP contribution in [0.2, 0.25) is 0 Å². The zero-order valence-corrected chi connectivity index (χ0v) is 11.9. The van der Waals surface area contributed by atoms with E-state index in [0.717, 1.165) is 5.56 Å². The predicted molar refractivity (Wildman–Crippen MR) is 80.1 cm³/mol. The van der Waals surface area contributed by atoms with E-state index < -0.39 is 6.61 Å². The van der Waals surface area contributed by atoms with Crippen LogP contribution in [0.25, 0.3) is 0 Å². The van der Waals surface area contributed by atoms with Gasteiger partial charge in [-0.05, 0) is 36.8 Å². The zero-order valence-electron chi connectivity index (χ0n) is 11.9. The molecule has 0 aromatic heterocycles. The van der Waals surface area contributed by atoms with Gasteiger partial charge < -0.3 is 15.4 Å². The number of rotatable bonds is 5. The lowest BCUT2D eigenvalue weighted by Gasteiger charge is -2.15. The first-order valence-electron chi connectivity index (χ1n) is 6.72. The molecule has 116 valence electrons. The Balaban J connectivity index is 1.89. The van der Waals surface area contributed by atoms with Gasteiger partial charge in [-0.2, -0.15) is 8.78 Å². The van der Waals surface area contributed by atoms with E-state index in [1.165, 1.54) is 24.3 Å². The summed E-state index contributed by atoms with van der Waals surface area (Å²) >= 11 is 0. The number of nitrogens with one attached hydrogen (secondary N) is 2. The minimum atomic E-state index is -2.87. The van der Waals surface area contributed by atoms with Crippen molar-refractivity contribution in [3.05, 3.63) is 60.2 Å². The summed E-state index contributed by atoms with van der Waals surface area (Å²) in [4.78, 5) is 11.9. The lowest BCUT2D eigenvalue weighted by atomic mass is 10.1. The van der Waals surface area contributed by atoms with Gasteiger partial charge in [-0.1, -0.05) is 30.3 Å². The first-order chi connectivity index (χ1) is 10.5. The van der Waals surface area contributed by atoms with Crippen LogP contribution in [0.15, 0.2) is 54.6 Å². The number of urea groups is 1. The molecule has 2 N–H and O–H groups in total. The number of hydrogen-bond acceptors (Lipinski definition) is 2. The Morgan fingerprint density at radius 1 is 1.05 bits per heavy atom. The number of benzene rings is 2. The molecule has 2 aromatic rings. The lowest BCUT2D eigenvalue weighted by Crippen LogP contribution is -2.31. The normalized spacial score (nSPS) is 11.8. The van der Waals surface area contributed by atoms with Crippen molar-refractivity contribution in [1.29, 1.82) is 0 Å². The molecule has 0 aliphatic heterocycles. The Kier molecular flexibility index (Phi) is 5.30. The standard InChI is InChI=1S/C16H16F2N2O2/c1-11(12-5-3-2-4-6-12)19-16(21)20-13-7-9-14(10-8-13)22-15(17)18/h2-11,15H,1H3,(H2,19,20,21)/t11-/m0/s1. The zero-order chi connectivity index (χ0) is 15.9. The number of halogens is 2. The maximum atomic E-state index is 12.0. The molecule has 0 saturated heterocycles. The molecular formula is C16H16F2N2O2. The van der Waals surface area contributed by atoms with E-state index in [-0.39, 0.29) is 17.8 Å². The number of anilines is 1. The van der Waals surface area contributed by atoms with E-state index in [1.807, 2.05) is 37.3 Å². The van der Waals surface area contributed by atoms with Gasteiger partial charge in [-0.25, -0.2) is 4.79 Å².